The van der Waals surface area contributed by atoms with Crippen LogP contribution in [0.15, 0.2) is 0 Å². The Bertz CT molecular complexity index is 253. The maximum absolute atomic E-state index is 11.1. The van der Waals surface area contributed by atoms with Gasteiger partial charge in [-0.05, 0) is 19.8 Å². The lowest BCUT2D eigenvalue weighted by atomic mass is 10.0. The maximum Gasteiger partial charge on any atom is 0.335 e. The molecule has 126 valence electrons. The van der Waals surface area contributed by atoms with Crippen molar-refractivity contribution in [1.82, 2.24) is 0 Å². The Hall–Kier alpha value is -0.570. The van der Waals surface area contributed by atoms with Gasteiger partial charge in [0.15, 0.2) is 5.60 Å². The molecule has 3 nitrogen and oxygen atoms in total. The first-order chi connectivity index (χ1) is 10.1. The van der Waals surface area contributed by atoms with Crippen molar-refractivity contribution >= 4 is 5.97 Å². The molecule has 0 amide bonds. The second-order valence-electron chi connectivity index (χ2n) is 6.27. The van der Waals surface area contributed by atoms with Crippen LogP contribution < -0.4 is 0 Å². The molecule has 3 heteroatoms. The monoisotopic (exact) mass is 300 g/mol. The average Bonchev–Trinajstić information content (AvgIpc) is 2.47. The Balaban J connectivity index is 3.31. The van der Waals surface area contributed by atoms with Crippen molar-refractivity contribution in [2.45, 2.75) is 103 Å². The molecule has 0 heterocycles. The summed E-state index contributed by atoms with van der Waals surface area (Å²) in [6.45, 7) is 6.33. The molecule has 0 fully saturated rings. The van der Waals surface area contributed by atoms with Crippen LogP contribution in [-0.4, -0.2) is 23.3 Å². The first-order valence-electron chi connectivity index (χ1n) is 8.94. The minimum absolute atomic E-state index is 0.514. The van der Waals surface area contributed by atoms with Crippen LogP contribution in [0.3, 0.4) is 0 Å². The van der Waals surface area contributed by atoms with Crippen LogP contribution in [0, 0.1) is 0 Å². The molecule has 0 aromatic heterocycles. The van der Waals surface area contributed by atoms with Gasteiger partial charge in [0.1, 0.15) is 0 Å². The van der Waals surface area contributed by atoms with Crippen LogP contribution >= 0.6 is 0 Å². The number of carboxylic acids is 1. The number of unbranched alkanes of at least 4 members (excludes halogenated alkanes) is 10. The molecule has 0 rings (SSSR count). The molecule has 0 radical (unpaired) electrons. The van der Waals surface area contributed by atoms with E-state index < -0.39 is 11.6 Å². The predicted octanol–water partition coefficient (Wildman–Crippen LogP) is 5.57. The van der Waals surface area contributed by atoms with E-state index in [1.807, 2.05) is 6.92 Å². The summed E-state index contributed by atoms with van der Waals surface area (Å²) < 4.78 is 5.52. The quantitative estimate of drug-likeness (QED) is 0.402. The van der Waals surface area contributed by atoms with Gasteiger partial charge in [-0.3, -0.25) is 0 Å². The zero-order valence-corrected chi connectivity index (χ0v) is 14.5. The van der Waals surface area contributed by atoms with Crippen molar-refractivity contribution in [3.05, 3.63) is 0 Å². The Kier molecular flexibility index (Phi) is 12.8. The maximum atomic E-state index is 11.1. The summed E-state index contributed by atoms with van der Waals surface area (Å²) in [4.78, 5) is 11.1. The summed E-state index contributed by atoms with van der Waals surface area (Å²) in [6, 6.07) is 0. The molecular weight excluding hydrogens is 264 g/mol. The van der Waals surface area contributed by atoms with Crippen LogP contribution in [0.1, 0.15) is 97.8 Å². The Morgan fingerprint density at radius 1 is 0.857 bits per heavy atom. The number of carboxylic acid groups (broad SMARTS) is 1. The fourth-order valence-corrected chi connectivity index (χ4v) is 2.38. The van der Waals surface area contributed by atoms with Gasteiger partial charge in [0.05, 0.1) is 0 Å². The first-order valence-corrected chi connectivity index (χ1v) is 8.94. The van der Waals surface area contributed by atoms with Crippen molar-refractivity contribution < 1.29 is 14.6 Å². The van der Waals surface area contributed by atoms with Gasteiger partial charge in [0.2, 0.25) is 0 Å². The Labute approximate surface area is 131 Å². The van der Waals surface area contributed by atoms with Gasteiger partial charge in [0, 0.05) is 6.61 Å². The van der Waals surface area contributed by atoms with E-state index in [4.69, 9.17) is 9.84 Å². The Morgan fingerprint density at radius 3 is 1.67 bits per heavy atom. The summed E-state index contributed by atoms with van der Waals surface area (Å²) in [7, 11) is 0. The molecule has 1 unspecified atom stereocenters. The lowest BCUT2D eigenvalue weighted by molar-refractivity contribution is -0.164. The molecule has 0 spiro atoms. The molecule has 0 saturated carbocycles. The third-order valence-corrected chi connectivity index (χ3v) is 4.30. The summed E-state index contributed by atoms with van der Waals surface area (Å²) in [5, 5.41) is 9.08. The lowest BCUT2D eigenvalue weighted by Gasteiger charge is -2.23. The van der Waals surface area contributed by atoms with Gasteiger partial charge in [-0.25, -0.2) is 4.79 Å². The highest BCUT2D eigenvalue weighted by molar-refractivity contribution is 5.76. The van der Waals surface area contributed by atoms with Gasteiger partial charge < -0.3 is 9.84 Å². The number of hydrogen-bond donors (Lipinski definition) is 1. The minimum atomic E-state index is -1.00. The minimum Gasteiger partial charge on any atom is -0.479 e. The molecule has 0 aromatic rings. The fraction of sp³-hybridized carbons (Fsp3) is 0.944. The Morgan fingerprint density at radius 2 is 1.29 bits per heavy atom. The zero-order valence-electron chi connectivity index (χ0n) is 14.5. The molecule has 1 atom stereocenters. The average molecular weight is 300 g/mol. The van der Waals surface area contributed by atoms with Gasteiger partial charge in [-0.15, -0.1) is 0 Å². The number of carbonyl (C=O) groups is 1. The lowest BCUT2D eigenvalue weighted by Crippen LogP contribution is -2.37. The largest absolute Gasteiger partial charge is 0.479 e. The number of hydrogen-bond acceptors (Lipinski definition) is 2. The van der Waals surface area contributed by atoms with Crippen molar-refractivity contribution in [2.75, 3.05) is 6.61 Å². The van der Waals surface area contributed by atoms with Crippen LogP contribution in [0.5, 0.6) is 0 Å². The summed E-state index contributed by atoms with van der Waals surface area (Å²) in [5.74, 6) is -0.854. The molecule has 0 bridgehead atoms. The third kappa shape index (κ3) is 10.8. The van der Waals surface area contributed by atoms with E-state index in [9.17, 15) is 4.79 Å². The molecule has 21 heavy (non-hydrogen) atoms. The number of ether oxygens (including phenoxy) is 1. The van der Waals surface area contributed by atoms with E-state index in [2.05, 4.69) is 6.92 Å². The van der Waals surface area contributed by atoms with Crippen molar-refractivity contribution in [3.63, 3.8) is 0 Å². The summed E-state index contributed by atoms with van der Waals surface area (Å²) >= 11 is 0. The van der Waals surface area contributed by atoms with Crippen LogP contribution in [0.2, 0.25) is 0 Å². The van der Waals surface area contributed by atoms with E-state index in [-0.39, 0.29) is 0 Å². The molecule has 0 aliphatic carbocycles. The third-order valence-electron chi connectivity index (χ3n) is 4.30. The molecule has 0 aromatic carbocycles. The van der Waals surface area contributed by atoms with E-state index >= 15 is 0 Å². The van der Waals surface area contributed by atoms with Gasteiger partial charge >= 0.3 is 5.97 Å². The normalized spacial score (nSPS) is 14.0. The number of rotatable bonds is 15. The van der Waals surface area contributed by atoms with Crippen molar-refractivity contribution in [3.8, 4) is 0 Å². The second kappa shape index (κ2) is 13.1. The van der Waals surface area contributed by atoms with Crippen LogP contribution in [-0.2, 0) is 9.53 Å². The molecular formula is C18H36O3. The van der Waals surface area contributed by atoms with E-state index in [1.165, 1.54) is 57.8 Å². The molecule has 0 aliphatic heterocycles. The van der Waals surface area contributed by atoms with Crippen molar-refractivity contribution in [2.24, 2.45) is 0 Å². The summed E-state index contributed by atoms with van der Waals surface area (Å²) in [6.07, 6.45) is 14.8. The van der Waals surface area contributed by atoms with E-state index in [0.717, 1.165) is 12.8 Å². The van der Waals surface area contributed by atoms with Gasteiger partial charge in [-0.2, -0.15) is 0 Å². The molecule has 1 N–H and O–H groups in total. The predicted molar refractivity (Wildman–Crippen MR) is 88.7 cm³/mol. The van der Waals surface area contributed by atoms with Crippen LogP contribution in [0.4, 0.5) is 0 Å². The smallest absolute Gasteiger partial charge is 0.335 e. The SMILES string of the molecule is CCCCCCCCCCCCCOC(C)(CC)C(=O)O. The number of aliphatic carboxylic acids is 1. The second-order valence-corrected chi connectivity index (χ2v) is 6.27. The highest BCUT2D eigenvalue weighted by Gasteiger charge is 2.31. The zero-order chi connectivity index (χ0) is 16.0. The fourth-order valence-electron chi connectivity index (χ4n) is 2.38. The van der Waals surface area contributed by atoms with Crippen molar-refractivity contribution in [1.29, 1.82) is 0 Å². The highest BCUT2D eigenvalue weighted by Crippen LogP contribution is 2.17. The van der Waals surface area contributed by atoms with Gasteiger partial charge in [-0.1, -0.05) is 78.1 Å². The van der Waals surface area contributed by atoms with Crippen LogP contribution in [0.25, 0.3) is 0 Å². The highest BCUT2D eigenvalue weighted by atomic mass is 16.5. The topological polar surface area (TPSA) is 46.5 Å². The van der Waals surface area contributed by atoms with E-state index in [0.29, 0.717) is 13.0 Å². The van der Waals surface area contributed by atoms with Gasteiger partial charge in [0.25, 0.3) is 0 Å². The van der Waals surface area contributed by atoms with E-state index in [1.54, 1.807) is 6.92 Å². The molecule has 0 saturated heterocycles. The molecule has 0 aliphatic rings. The standard InChI is InChI=1S/C18H36O3/c1-4-6-7-8-9-10-11-12-13-14-15-16-21-18(3,5-2)17(19)20/h4-16H2,1-3H3,(H,19,20). The summed E-state index contributed by atoms with van der Waals surface area (Å²) in [5.41, 5.74) is -1.00. The first kappa shape index (κ1) is 20.4.